The summed E-state index contributed by atoms with van der Waals surface area (Å²) in [6.07, 6.45) is 5.94. The molecule has 2 N–H and O–H groups in total. The lowest BCUT2D eigenvalue weighted by Crippen LogP contribution is -2.53. The summed E-state index contributed by atoms with van der Waals surface area (Å²) in [7, 11) is 0. The molecule has 21 heavy (non-hydrogen) atoms. The average molecular weight is 296 g/mol. The standard InChI is InChI=1S/C17H32N2O2/c1-4-17(16(20)21,18-15-6-7-15)9-5-10-19-11-8-13(2)14(3)12-19/h13-15,18H,4-12H2,1-3H3,(H,20,21). The Morgan fingerprint density at radius 1 is 1.29 bits per heavy atom. The molecule has 3 unspecified atom stereocenters. The van der Waals surface area contributed by atoms with Crippen LogP contribution in [0.15, 0.2) is 0 Å². The Bertz CT molecular complexity index is 357. The molecule has 0 aromatic heterocycles. The van der Waals surface area contributed by atoms with E-state index < -0.39 is 11.5 Å². The second-order valence-electron chi connectivity index (χ2n) is 7.31. The smallest absolute Gasteiger partial charge is 0.323 e. The van der Waals surface area contributed by atoms with Crippen molar-refractivity contribution in [1.82, 2.24) is 10.2 Å². The number of nitrogens with zero attached hydrogens (tertiary/aromatic N) is 1. The van der Waals surface area contributed by atoms with Gasteiger partial charge in [0.05, 0.1) is 0 Å². The summed E-state index contributed by atoms with van der Waals surface area (Å²) in [5.41, 5.74) is -0.699. The molecular formula is C17H32N2O2. The first kappa shape index (κ1) is 16.8. The highest BCUT2D eigenvalue weighted by molar-refractivity contribution is 5.78. The Morgan fingerprint density at radius 3 is 2.52 bits per heavy atom. The van der Waals surface area contributed by atoms with Crippen LogP contribution in [-0.4, -0.2) is 47.2 Å². The van der Waals surface area contributed by atoms with E-state index in [0.717, 1.165) is 44.1 Å². The van der Waals surface area contributed by atoms with Crippen LogP contribution in [0.2, 0.25) is 0 Å². The van der Waals surface area contributed by atoms with Crippen LogP contribution in [0.25, 0.3) is 0 Å². The van der Waals surface area contributed by atoms with Gasteiger partial charge in [0.25, 0.3) is 0 Å². The number of likely N-dealkylation sites (tertiary alicyclic amines) is 1. The molecule has 2 rings (SSSR count). The van der Waals surface area contributed by atoms with Crippen LogP contribution in [0.3, 0.4) is 0 Å². The number of carbonyl (C=O) groups is 1. The molecule has 0 aromatic rings. The van der Waals surface area contributed by atoms with Crippen molar-refractivity contribution in [3.8, 4) is 0 Å². The SMILES string of the molecule is CCC(CCCN1CCC(C)C(C)C1)(NC1CC1)C(=O)O. The molecule has 1 heterocycles. The van der Waals surface area contributed by atoms with E-state index in [0.29, 0.717) is 12.5 Å². The molecule has 1 aliphatic heterocycles. The zero-order valence-electron chi connectivity index (χ0n) is 13.9. The van der Waals surface area contributed by atoms with Gasteiger partial charge in [0.2, 0.25) is 0 Å². The molecule has 0 radical (unpaired) electrons. The molecule has 0 bridgehead atoms. The first-order valence-electron chi connectivity index (χ1n) is 8.70. The van der Waals surface area contributed by atoms with Crippen molar-refractivity contribution in [2.24, 2.45) is 11.8 Å². The maximum atomic E-state index is 11.7. The average Bonchev–Trinajstić information content (AvgIpc) is 3.25. The summed E-state index contributed by atoms with van der Waals surface area (Å²) in [5.74, 6) is 0.919. The molecule has 0 spiro atoms. The van der Waals surface area contributed by atoms with Gasteiger partial charge in [-0.3, -0.25) is 10.1 Å². The van der Waals surface area contributed by atoms with Crippen molar-refractivity contribution < 1.29 is 9.90 Å². The number of aliphatic carboxylic acids is 1. The topological polar surface area (TPSA) is 52.6 Å². The summed E-state index contributed by atoms with van der Waals surface area (Å²) < 4.78 is 0. The van der Waals surface area contributed by atoms with Gasteiger partial charge in [-0.2, -0.15) is 0 Å². The van der Waals surface area contributed by atoms with Gasteiger partial charge in [-0.05, 0) is 63.5 Å². The third kappa shape index (κ3) is 4.43. The molecule has 0 amide bonds. The first-order valence-corrected chi connectivity index (χ1v) is 8.70. The van der Waals surface area contributed by atoms with E-state index in [1.54, 1.807) is 0 Å². The van der Waals surface area contributed by atoms with Crippen molar-refractivity contribution in [3.63, 3.8) is 0 Å². The van der Waals surface area contributed by atoms with E-state index in [1.807, 2.05) is 6.92 Å². The normalized spacial score (nSPS) is 30.0. The fraction of sp³-hybridized carbons (Fsp3) is 0.941. The minimum atomic E-state index is -0.699. The second kappa shape index (κ2) is 7.10. The van der Waals surface area contributed by atoms with Crippen molar-refractivity contribution in [2.75, 3.05) is 19.6 Å². The molecule has 1 aliphatic carbocycles. The summed E-state index contributed by atoms with van der Waals surface area (Å²) >= 11 is 0. The predicted molar refractivity (Wildman–Crippen MR) is 85.4 cm³/mol. The number of carboxylic acid groups (broad SMARTS) is 1. The third-order valence-corrected chi connectivity index (χ3v) is 5.57. The lowest BCUT2D eigenvalue weighted by atomic mass is 9.87. The highest BCUT2D eigenvalue weighted by Gasteiger charge is 2.40. The first-order chi connectivity index (χ1) is 9.97. The van der Waals surface area contributed by atoms with Gasteiger partial charge in [-0.25, -0.2) is 0 Å². The van der Waals surface area contributed by atoms with Crippen molar-refractivity contribution in [2.45, 2.75) is 70.9 Å². The summed E-state index contributed by atoms with van der Waals surface area (Å²) in [5, 5.41) is 13.0. The lowest BCUT2D eigenvalue weighted by Gasteiger charge is -2.36. The molecule has 122 valence electrons. The minimum Gasteiger partial charge on any atom is -0.480 e. The third-order valence-electron chi connectivity index (χ3n) is 5.57. The van der Waals surface area contributed by atoms with E-state index in [4.69, 9.17) is 0 Å². The molecule has 1 saturated carbocycles. The van der Waals surface area contributed by atoms with Gasteiger partial charge >= 0.3 is 5.97 Å². The Morgan fingerprint density at radius 2 is 2.00 bits per heavy atom. The van der Waals surface area contributed by atoms with Crippen LogP contribution >= 0.6 is 0 Å². The van der Waals surface area contributed by atoms with Gasteiger partial charge in [-0.15, -0.1) is 0 Å². The summed E-state index contributed by atoms with van der Waals surface area (Å²) in [4.78, 5) is 14.2. The predicted octanol–water partition coefficient (Wildman–Crippen LogP) is 2.73. The molecule has 0 aromatic carbocycles. The number of nitrogens with one attached hydrogen (secondary N) is 1. The quantitative estimate of drug-likeness (QED) is 0.723. The highest BCUT2D eigenvalue weighted by atomic mass is 16.4. The van der Waals surface area contributed by atoms with E-state index in [9.17, 15) is 9.90 Å². The fourth-order valence-electron chi connectivity index (χ4n) is 3.45. The second-order valence-corrected chi connectivity index (χ2v) is 7.31. The van der Waals surface area contributed by atoms with Crippen molar-refractivity contribution >= 4 is 5.97 Å². The van der Waals surface area contributed by atoms with Crippen LogP contribution in [0.1, 0.15) is 59.3 Å². The Hall–Kier alpha value is -0.610. The fourth-order valence-corrected chi connectivity index (χ4v) is 3.45. The van der Waals surface area contributed by atoms with E-state index >= 15 is 0 Å². The van der Waals surface area contributed by atoms with Crippen LogP contribution in [0.4, 0.5) is 0 Å². The Balaban J connectivity index is 1.80. The zero-order valence-corrected chi connectivity index (χ0v) is 13.9. The Labute approximate surface area is 129 Å². The monoisotopic (exact) mass is 296 g/mol. The van der Waals surface area contributed by atoms with Gasteiger partial charge in [0, 0.05) is 12.6 Å². The molecule has 2 fully saturated rings. The molecular weight excluding hydrogens is 264 g/mol. The molecule has 2 aliphatic rings. The number of hydrogen-bond donors (Lipinski definition) is 2. The summed E-state index contributed by atoms with van der Waals surface area (Å²) in [6.45, 7) is 10.1. The van der Waals surface area contributed by atoms with Gasteiger partial charge in [0.1, 0.15) is 5.54 Å². The van der Waals surface area contributed by atoms with Crippen molar-refractivity contribution in [3.05, 3.63) is 0 Å². The molecule has 1 saturated heterocycles. The number of rotatable bonds is 8. The highest BCUT2D eigenvalue weighted by Crippen LogP contribution is 2.28. The van der Waals surface area contributed by atoms with Crippen LogP contribution in [0.5, 0.6) is 0 Å². The zero-order chi connectivity index (χ0) is 15.5. The van der Waals surface area contributed by atoms with E-state index in [-0.39, 0.29) is 0 Å². The summed E-state index contributed by atoms with van der Waals surface area (Å²) in [6, 6.07) is 0.442. The number of hydrogen-bond acceptors (Lipinski definition) is 3. The Kier molecular flexibility index (Phi) is 5.67. The molecule has 4 nitrogen and oxygen atoms in total. The van der Waals surface area contributed by atoms with Gasteiger partial charge < -0.3 is 10.0 Å². The maximum absolute atomic E-state index is 11.7. The minimum absolute atomic E-state index is 0.442. The number of piperidine rings is 1. The molecule has 4 heteroatoms. The van der Waals surface area contributed by atoms with Gasteiger partial charge in [0.15, 0.2) is 0 Å². The maximum Gasteiger partial charge on any atom is 0.323 e. The van der Waals surface area contributed by atoms with Crippen molar-refractivity contribution in [1.29, 1.82) is 0 Å². The van der Waals surface area contributed by atoms with Crippen LogP contribution in [0, 0.1) is 11.8 Å². The van der Waals surface area contributed by atoms with Crippen LogP contribution in [-0.2, 0) is 4.79 Å². The lowest BCUT2D eigenvalue weighted by molar-refractivity contribution is -0.145. The van der Waals surface area contributed by atoms with Gasteiger partial charge in [-0.1, -0.05) is 20.8 Å². The van der Waals surface area contributed by atoms with Crippen LogP contribution < -0.4 is 5.32 Å². The largest absolute Gasteiger partial charge is 0.480 e. The van der Waals surface area contributed by atoms with E-state index in [1.165, 1.54) is 19.5 Å². The number of carboxylic acids is 1. The van der Waals surface area contributed by atoms with E-state index in [2.05, 4.69) is 24.1 Å². The molecule has 3 atom stereocenters.